The molecule has 0 unspecified atom stereocenters. The van der Waals surface area contributed by atoms with Crippen LogP contribution in [0.3, 0.4) is 0 Å². The van der Waals surface area contributed by atoms with Crippen molar-refractivity contribution in [3.63, 3.8) is 0 Å². The summed E-state index contributed by atoms with van der Waals surface area (Å²) in [6.45, 7) is 3.22. The van der Waals surface area contributed by atoms with Gasteiger partial charge in [-0.3, -0.25) is 24.3 Å². The molecule has 4 amide bonds. The average Bonchev–Trinajstić information content (AvgIpc) is 2.94. The number of benzene rings is 1. The van der Waals surface area contributed by atoms with E-state index in [1.165, 1.54) is 0 Å². The highest BCUT2D eigenvalue weighted by Gasteiger charge is 2.48. The second-order valence-electron chi connectivity index (χ2n) is 8.27. The topological polar surface area (TPSA) is 82.6 Å². The Morgan fingerprint density at radius 1 is 1.10 bits per heavy atom. The predicted octanol–water partition coefficient (Wildman–Crippen LogP) is 0.643. The van der Waals surface area contributed by atoms with Gasteiger partial charge in [0.15, 0.2) is 11.5 Å². The number of para-hydroxylation sites is 2. The Morgan fingerprint density at radius 2 is 1.87 bits per heavy atom. The highest BCUT2D eigenvalue weighted by molar-refractivity contribution is 6.44. The number of imide groups is 2. The predicted molar refractivity (Wildman–Crippen MR) is 108 cm³/mol. The van der Waals surface area contributed by atoms with Crippen molar-refractivity contribution in [2.75, 3.05) is 53.4 Å². The second kappa shape index (κ2) is 8.61. The van der Waals surface area contributed by atoms with Gasteiger partial charge in [0.2, 0.25) is 0 Å². The number of fused-ring (bicyclic) bond motifs is 1. The molecule has 30 heavy (non-hydrogen) atoms. The number of likely N-dealkylation sites (N-methyl/N-ethyl adjacent to an activating group) is 1. The van der Waals surface area contributed by atoms with E-state index < -0.39 is 17.8 Å². The van der Waals surface area contributed by atoms with Gasteiger partial charge < -0.3 is 14.4 Å². The molecule has 1 aromatic carbocycles. The maximum atomic E-state index is 12.8. The number of rotatable bonds is 6. The molecule has 9 nitrogen and oxygen atoms in total. The maximum absolute atomic E-state index is 12.8. The highest BCUT2D eigenvalue weighted by Crippen LogP contribution is 2.31. The number of piperidine rings is 1. The van der Waals surface area contributed by atoms with Gasteiger partial charge in [-0.05, 0) is 45.6 Å². The number of urea groups is 1. The van der Waals surface area contributed by atoms with Crippen LogP contribution in [0.2, 0.25) is 0 Å². The number of amides is 4. The number of carbonyl (C=O) groups excluding carboxylic acids is 3. The van der Waals surface area contributed by atoms with Gasteiger partial charge in [-0.2, -0.15) is 0 Å². The summed E-state index contributed by atoms with van der Waals surface area (Å²) in [5.41, 5.74) is 0. The Morgan fingerprint density at radius 3 is 2.63 bits per heavy atom. The zero-order valence-electron chi connectivity index (χ0n) is 17.5. The second-order valence-corrected chi connectivity index (χ2v) is 8.27. The summed E-state index contributed by atoms with van der Waals surface area (Å²) in [6.07, 6.45) is 1.42. The van der Waals surface area contributed by atoms with Crippen molar-refractivity contribution in [2.24, 2.45) is 0 Å². The van der Waals surface area contributed by atoms with Crippen LogP contribution in [0.25, 0.3) is 0 Å². The number of nitrogens with zero attached hydrogens (tertiary/aromatic N) is 4. The first-order chi connectivity index (χ1) is 14.4. The minimum atomic E-state index is -0.723. The van der Waals surface area contributed by atoms with Crippen LogP contribution in [0.15, 0.2) is 24.3 Å². The molecule has 0 aliphatic carbocycles. The van der Waals surface area contributed by atoms with Gasteiger partial charge in [0.05, 0.1) is 6.04 Å². The molecular formula is C21H28N4O5. The molecule has 4 rings (SSSR count). The van der Waals surface area contributed by atoms with Crippen LogP contribution in [0, 0.1) is 0 Å². The van der Waals surface area contributed by atoms with Crippen LogP contribution in [-0.2, 0) is 9.59 Å². The molecule has 0 spiro atoms. The highest BCUT2D eigenvalue weighted by atomic mass is 16.6. The fraction of sp³-hybridized carbons (Fsp3) is 0.571. The molecule has 0 bridgehead atoms. The lowest BCUT2D eigenvalue weighted by Gasteiger charge is -2.38. The van der Waals surface area contributed by atoms with Gasteiger partial charge in [-0.15, -0.1) is 0 Å². The largest absolute Gasteiger partial charge is 0.486 e. The van der Waals surface area contributed by atoms with E-state index in [1.807, 2.05) is 43.3 Å². The Balaban J connectivity index is 1.37. The average molecular weight is 416 g/mol. The Labute approximate surface area is 176 Å². The lowest BCUT2D eigenvalue weighted by Crippen LogP contribution is -2.53. The van der Waals surface area contributed by atoms with E-state index in [4.69, 9.17) is 9.47 Å². The Kier molecular flexibility index (Phi) is 5.92. The zero-order chi connectivity index (χ0) is 21.3. The minimum absolute atomic E-state index is 0.123. The van der Waals surface area contributed by atoms with Crippen LogP contribution >= 0.6 is 0 Å². The fourth-order valence-electron chi connectivity index (χ4n) is 4.19. The quantitative estimate of drug-likeness (QED) is 0.497. The van der Waals surface area contributed by atoms with Crippen molar-refractivity contribution in [3.05, 3.63) is 24.3 Å². The fourth-order valence-corrected chi connectivity index (χ4v) is 4.19. The summed E-state index contributed by atoms with van der Waals surface area (Å²) >= 11 is 0. The first kappa shape index (κ1) is 20.6. The summed E-state index contributed by atoms with van der Waals surface area (Å²) < 4.78 is 11.8. The van der Waals surface area contributed by atoms with Gasteiger partial charge >= 0.3 is 17.8 Å². The van der Waals surface area contributed by atoms with Crippen molar-refractivity contribution < 1.29 is 23.9 Å². The molecule has 2 fully saturated rings. The summed E-state index contributed by atoms with van der Waals surface area (Å²) in [6, 6.07) is 6.78. The third-order valence-electron chi connectivity index (χ3n) is 5.73. The molecule has 3 heterocycles. The van der Waals surface area contributed by atoms with Crippen molar-refractivity contribution in [2.45, 2.75) is 25.0 Å². The third kappa shape index (κ3) is 4.13. The van der Waals surface area contributed by atoms with E-state index in [0.29, 0.717) is 32.7 Å². The smallest absolute Gasteiger partial charge is 0.334 e. The molecule has 0 saturated carbocycles. The standard InChI is InChI=1S/C21H28N4O5/c1-22(2)10-11-24-19(26)20(27)25(21(24)28)15-6-5-9-23(12-15)13-16-14-29-17-7-3-4-8-18(17)30-16/h3-4,7-8,15-16H,5-6,9-14H2,1-2H3/t15-,16-/m0/s1. The molecule has 2 atom stereocenters. The maximum Gasteiger partial charge on any atom is 0.334 e. The van der Waals surface area contributed by atoms with Gasteiger partial charge in [0.25, 0.3) is 0 Å². The van der Waals surface area contributed by atoms with Crippen molar-refractivity contribution in [1.82, 2.24) is 19.6 Å². The van der Waals surface area contributed by atoms with Crippen molar-refractivity contribution in [3.8, 4) is 11.5 Å². The van der Waals surface area contributed by atoms with Gasteiger partial charge in [-0.1, -0.05) is 12.1 Å². The molecule has 0 aromatic heterocycles. The lowest BCUT2D eigenvalue weighted by atomic mass is 10.0. The molecule has 162 valence electrons. The van der Waals surface area contributed by atoms with Crippen molar-refractivity contribution >= 4 is 17.8 Å². The molecular weight excluding hydrogens is 388 g/mol. The number of hydrogen-bond donors (Lipinski definition) is 0. The molecule has 3 aliphatic rings. The molecule has 9 heteroatoms. The van der Waals surface area contributed by atoms with E-state index >= 15 is 0 Å². The van der Waals surface area contributed by atoms with Crippen LogP contribution in [0.1, 0.15) is 12.8 Å². The Bertz CT molecular complexity index is 829. The molecule has 0 N–H and O–H groups in total. The number of carbonyl (C=O) groups is 3. The van der Waals surface area contributed by atoms with Crippen LogP contribution in [-0.4, -0.2) is 103 Å². The first-order valence-electron chi connectivity index (χ1n) is 10.4. The van der Waals surface area contributed by atoms with E-state index in [0.717, 1.165) is 34.3 Å². The number of likely N-dealkylation sites (tertiary alicyclic amines) is 1. The lowest BCUT2D eigenvalue weighted by molar-refractivity contribution is -0.144. The molecule has 1 aromatic rings. The SMILES string of the molecule is CN(C)CCN1C(=O)C(=O)N([C@H]2CCCN(C[C@H]3COc4ccccc4O3)C2)C1=O. The summed E-state index contributed by atoms with van der Waals surface area (Å²) in [5, 5.41) is 0. The van der Waals surface area contributed by atoms with E-state index in [2.05, 4.69) is 4.90 Å². The minimum Gasteiger partial charge on any atom is -0.486 e. The molecule has 0 radical (unpaired) electrons. The summed E-state index contributed by atoms with van der Waals surface area (Å²) in [4.78, 5) is 44.0. The monoisotopic (exact) mass is 416 g/mol. The number of hydrogen-bond acceptors (Lipinski definition) is 7. The normalized spacial score (nSPS) is 24.8. The van der Waals surface area contributed by atoms with Gasteiger partial charge in [0, 0.05) is 26.2 Å². The van der Waals surface area contributed by atoms with Gasteiger partial charge in [0.1, 0.15) is 12.7 Å². The van der Waals surface area contributed by atoms with Crippen LogP contribution in [0.4, 0.5) is 4.79 Å². The van der Waals surface area contributed by atoms with Crippen molar-refractivity contribution in [1.29, 1.82) is 0 Å². The summed E-state index contributed by atoms with van der Waals surface area (Å²) in [5.74, 6) is 0.0422. The Hall–Kier alpha value is -2.65. The van der Waals surface area contributed by atoms with Crippen LogP contribution in [0.5, 0.6) is 11.5 Å². The van der Waals surface area contributed by atoms with E-state index in [1.54, 1.807) is 0 Å². The van der Waals surface area contributed by atoms with E-state index in [9.17, 15) is 14.4 Å². The molecule has 3 aliphatic heterocycles. The summed E-state index contributed by atoms with van der Waals surface area (Å²) in [7, 11) is 3.72. The zero-order valence-corrected chi connectivity index (χ0v) is 17.5. The molecule has 2 saturated heterocycles. The van der Waals surface area contributed by atoms with Gasteiger partial charge in [-0.25, -0.2) is 4.79 Å². The van der Waals surface area contributed by atoms with E-state index in [-0.39, 0.29) is 18.7 Å². The first-order valence-corrected chi connectivity index (χ1v) is 10.4. The number of ether oxygens (including phenoxy) is 2. The van der Waals surface area contributed by atoms with Crippen LogP contribution < -0.4 is 9.47 Å². The third-order valence-corrected chi connectivity index (χ3v) is 5.73.